The van der Waals surface area contributed by atoms with Gasteiger partial charge in [0.05, 0.1) is 12.0 Å². The summed E-state index contributed by atoms with van der Waals surface area (Å²) in [6.45, 7) is 0. The van der Waals surface area contributed by atoms with Crippen LogP contribution < -0.4 is 4.74 Å². The van der Waals surface area contributed by atoms with Crippen LogP contribution in [0.1, 0.15) is 5.56 Å². The smallest absolute Gasteiger partial charge is 0.341 e. The Balaban J connectivity index is 2.69. The van der Waals surface area contributed by atoms with Crippen molar-refractivity contribution in [3.8, 4) is 5.75 Å². The molecule has 1 N–H and O–H groups in total. The number of benzene rings is 1. The SMILES string of the molecule is COc1ccc(/C=C/C=C(\S)C(=O)O)cc1. The number of carboxylic acids is 1. The number of aliphatic carboxylic acids is 1. The van der Waals surface area contributed by atoms with Crippen LogP contribution in [0.4, 0.5) is 0 Å². The van der Waals surface area contributed by atoms with E-state index in [0.29, 0.717) is 0 Å². The maximum atomic E-state index is 10.4. The number of hydrogen-bond donors (Lipinski definition) is 2. The highest BCUT2D eigenvalue weighted by atomic mass is 32.1. The summed E-state index contributed by atoms with van der Waals surface area (Å²) in [5.74, 6) is -0.254. The van der Waals surface area contributed by atoms with E-state index >= 15 is 0 Å². The van der Waals surface area contributed by atoms with Crippen LogP contribution >= 0.6 is 12.6 Å². The normalized spacial score (nSPS) is 11.8. The molecule has 0 bridgehead atoms. The van der Waals surface area contributed by atoms with Crippen LogP contribution in [-0.4, -0.2) is 18.2 Å². The van der Waals surface area contributed by atoms with E-state index in [1.807, 2.05) is 24.3 Å². The van der Waals surface area contributed by atoms with Crippen molar-refractivity contribution < 1.29 is 14.6 Å². The van der Waals surface area contributed by atoms with Crippen molar-refractivity contribution in [2.45, 2.75) is 0 Å². The number of ether oxygens (including phenoxy) is 1. The average Bonchev–Trinajstić information content (AvgIpc) is 2.29. The summed E-state index contributed by atoms with van der Waals surface area (Å²) in [7, 11) is 1.60. The Kier molecular flexibility index (Phi) is 4.66. The predicted molar refractivity (Wildman–Crippen MR) is 66.7 cm³/mol. The number of rotatable bonds is 4. The van der Waals surface area contributed by atoms with Gasteiger partial charge in [0, 0.05) is 0 Å². The zero-order chi connectivity index (χ0) is 12.0. The molecule has 84 valence electrons. The summed E-state index contributed by atoms with van der Waals surface area (Å²) < 4.78 is 5.02. The van der Waals surface area contributed by atoms with Gasteiger partial charge in [0.25, 0.3) is 0 Å². The molecule has 0 heterocycles. The molecule has 0 radical (unpaired) electrons. The Bertz CT molecular complexity index is 418. The lowest BCUT2D eigenvalue weighted by Crippen LogP contribution is -1.92. The van der Waals surface area contributed by atoms with E-state index in [-0.39, 0.29) is 4.91 Å². The molecular weight excluding hydrogens is 224 g/mol. The first-order valence-corrected chi connectivity index (χ1v) is 5.03. The standard InChI is InChI=1S/C12H12O3S/c1-15-10-7-5-9(6-8-10)3-2-4-11(16)12(13)14/h2-8,16H,1H3,(H,13,14)/b3-2+,11-4-. The molecule has 0 amide bonds. The molecule has 1 rings (SSSR count). The van der Waals surface area contributed by atoms with E-state index in [4.69, 9.17) is 9.84 Å². The molecule has 0 saturated carbocycles. The van der Waals surface area contributed by atoms with Crippen molar-refractivity contribution in [1.82, 2.24) is 0 Å². The van der Waals surface area contributed by atoms with Gasteiger partial charge in [-0.15, -0.1) is 12.6 Å². The van der Waals surface area contributed by atoms with E-state index in [9.17, 15) is 4.79 Å². The molecule has 0 unspecified atom stereocenters. The molecule has 0 atom stereocenters. The van der Waals surface area contributed by atoms with Crippen molar-refractivity contribution in [2.24, 2.45) is 0 Å². The minimum absolute atomic E-state index is 0.00441. The van der Waals surface area contributed by atoms with Gasteiger partial charge in [-0.3, -0.25) is 0 Å². The van der Waals surface area contributed by atoms with Crippen molar-refractivity contribution in [2.75, 3.05) is 7.11 Å². The molecule has 0 aliphatic carbocycles. The van der Waals surface area contributed by atoms with Crippen LogP contribution in [0.5, 0.6) is 5.75 Å². The molecule has 0 spiro atoms. The predicted octanol–water partition coefficient (Wildman–Crippen LogP) is 2.61. The molecule has 0 aromatic heterocycles. The Morgan fingerprint density at radius 3 is 2.50 bits per heavy atom. The van der Waals surface area contributed by atoms with Gasteiger partial charge in [0.1, 0.15) is 5.75 Å². The number of carbonyl (C=O) groups is 1. The largest absolute Gasteiger partial charge is 0.497 e. The maximum Gasteiger partial charge on any atom is 0.341 e. The average molecular weight is 236 g/mol. The summed E-state index contributed by atoms with van der Waals surface area (Å²) in [5, 5.41) is 8.55. The first-order valence-electron chi connectivity index (χ1n) is 4.58. The van der Waals surface area contributed by atoms with Crippen LogP contribution in [0.25, 0.3) is 6.08 Å². The van der Waals surface area contributed by atoms with Crippen LogP contribution in [0.3, 0.4) is 0 Å². The van der Waals surface area contributed by atoms with Gasteiger partial charge in [-0.25, -0.2) is 4.79 Å². The molecule has 3 nitrogen and oxygen atoms in total. The number of carboxylic acid groups (broad SMARTS) is 1. The lowest BCUT2D eigenvalue weighted by Gasteiger charge is -1.98. The third-order valence-electron chi connectivity index (χ3n) is 1.88. The molecular formula is C12H12O3S. The minimum atomic E-state index is -1.04. The van der Waals surface area contributed by atoms with Crippen LogP contribution in [0, 0.1) is 0 Å². The summed E-state index contributed by atoms with van der Waals surface area (Å²) in [4.78, 5) is 10.4. The van der Waals surface area contributed by atoms with E-state index in [1.165, 1.54) is 6.08 Å². The first kappa shape index (κ1) is 12.4. The number of hydrogen-bond acceptors (Lipinski definition) is 3. The Labute approximate surface area is 99.5 Å². The lowest BCUT2D eigenvalue weighted by atomic mass is 10.2. The van der Waals surface area contributed by atoms with Crippen molar-refractivity contribution in [3.05, 3.63) is 46.9 Å². The first-order chi connectivity index (χ1) is 7.63. The third-order valence-corrected chi connectivity index (χ3v) is 2.22. The molecule has 0 saturated heterocycles. The molecule has 16 heavy (non-hydrogen) atoms. The van der Waals surface area contributed by atoms with Gasteiger partial charge >= 0.3 is 5.97 Å². The molecule has 0 aliphatic rings. The Morgan fingerprint density at radius 2 is 2.00 bits per heavy atom. The maximum absolute atomic E-state index is 10.4. The monoisotopic (exact) mass is 236 g/mol. The molecule has 0 fully saturated rings. The highest BCUT2D eigenvalue weighted by Crippen LogP contribution is 2.12. The number of allylic oxidation sites excluding steroid dienone is 2. The second-order valence-corrected chi connectivity index (χ2v) is 3.47. The second kappa shape index (κ2) is 6.02. The Morgan fingerprint density at radius 1 is 1.38 bits per heavy atom. The molecule has 4 heteroatoms. The van der Waals surface area contributed by atoms with Crippen molar-refractivity contribution in [3.63, 3.8) is 0 Å². The summed E-state index contributed by atoms with van der Waals surface area (Å²) in [6.07, 6.45) is 4.85. The second-order valence-electron chi connectivity index (χ2n) is 2.99. The molecule has 1 aromatic rings. The third kappa shape index (κ3) is 3.82. The van der Waals surface area contributed by atoms with E-state index < -0.39 is 5.97 Å². The highest BCUT2D eigenvalue weighted by molar-refractivity contribution is 7.85. The summed E-state index contributed by atoms with van der Waals surface area (Å²) >= 11 is 3.79. The van der Waals surface area contributed by atoms with Gasteiger partial charge < -0.3 is 9.84 Å². The summed E-state index contributed by atoms with van der Waals surface area (Å²) in [6, 6.07) is 7.43. The lowest BCUT2D eigenvalue weighted by molar-refractivity contribution is -0.131. The van der Waals surface area contributed by atoms with E-state index in [1.54, 1.807) is 19.3 Å². The van der Waals surface area contributed by atoms with Gasteiger partial charge in [0.15, 0.2) is 0 Å². The van der Waals surface area contributed by atoms with E-state index in [2.05, 4.69) is 12.6 Å². The molecule has 1 aromatic carbocycles. The zero-order valence-electron chi connectivity index (χ0n) is 8.75. The molecule has 0 aliphatic heterocycles. The van der Waals surface area contributed by atoms with Crippen molar-refractivity contribution in [1.29, 1.82) is 0 Å². The van der Waals surface area contributed by atoms with Crippen LogP contribution in [0.2, 0.25) is 0 Å². The van der Waals surface area contributed by atoms with Gasteiger partial charge in [-0.05, 0) is 23.8 Å². The topological polar surface area (TPSA) is 46.5 Å². The minimum Gasteiger partial charge on any atom is -0.497 e. The zero-order valence-corrected chi connectivity index (χ0v) is 9.65. The Hall–Kier alpha value is -1.68. The fourth-order valence-electron chi connectivity index (χ4n) is 1.04. The van der Waals surface area contributed by atoms with Gasteiger partial charge in [-0.1, -0.05) is 24.3 Å². The number of thiol groups is 1. The fourth-order valence-corrected chi connectivity index (χ4v) is 1.12. The quantitative estimate of drug-likeness (QED) is 0.480. The van der Waals surface area contributed by atoms with Gasteiger partial charge in [0.2, 0.25) is 0 Å². The highest BCUT2D eigenvalue weighted by Gasteiger charge is 1.97. The van der Waals surface area contributed by atoms with Crippen LogP contribution in [-0.2, 0) is 4.79 Å². The number of methoxy groups -OCH3 is 1. The van der Waals surface area contributed by atoms with E-state index in [0.717, 1.165) is 11.3 Å². The van der Waals surface area contributed by atoms with Crippen molar-refractivity contribution >= 4 is 24.7 Å². The summed E-state index contributed by atoms with van der Waals surface area (Å²) in [5.41, 5.74) is 0.962. The fraction of sp³-hybridized carbons (Fsp3) is 0.0833. The van der Waals surface area contributed by atoms with Crippen LogP contribution in [0.15, 0.2) is 41.3 Å². The van der Waals surface area contributed by atoms with Gasteiger partial charge in [-0.2, -0.15) is 0 Å².